The maximum atomic E-state index is 14.5. The fourth-order valence-electron chi connectivity index (χ4n) is 9.85. The highest BCUT2D eigenvalue weighted by molar-refractivity contribution is 7.80. The van der Waals surface area contributed by atoms with Gasteiger partial charge < -0.3 is 107 Å². The highest BCUT2D eigenvalue weighted by Crippen LogP contribution is 2.22. The lowest BCUT2D eigenvalue weighted by molar-refractivity contribution is -0.143. The highest BCUT2D eigenvalue weighted by atomic mass is 32.1. The summed E-state index contributed by atoms with van der Waals surface area (Å²) >= 11 is 16.5. The smallest absolute Gasteiger partial charge is 0.326 e. The molecule has 2 fully saturated rings. The molecule has 0 spiro atoms. The molecule has 40 heteroatoms. The average Bonchev–Trinajstić information content (AvgIpc) is 1.61. The molecule has 0 radical (unpaired) electrons. The SMILES string of the molecule is CC(C)[C@H](NC(=O)[C@H](CO)NC(=O)[C@@H](NC(=O)[C@H](CS)NC(=O)[C@@H]1CCCN1C(=O)[C@@H]1CCCN1)C(C)C)C(=O)N[C@@H](Cc1ccc(O)cc1)C(=O)N[C@@H](CCCN=C(N)N)C(=O)N[C@@H](CS)C(=O)NCC(=O)NCC(=O)N[C@@H](CS)C(=O)N[C@@H](CS)C(=O)N[C@@H](CC(N)=O)C(=O)O. The van der Waals surface area contributed by atoms with Gasteiger partial charge in [-0.25, -0.2) is 4.79 Å². The third kappa shape index (κ3) is 27.9. The molecule has 546 valence electrons. The van der Waals surface area contributed by atoms with Crippen LogP contribution in [0.25, 0.3) is 0 Å². The third-order valence-corrected chi connectivity index (χ3v) is 16.7. The number of nitrogens with zero attached hydrogens (tertiary/aromatic N) is 2. The topological polar surface area (TPSA) is 567 Å². The fourth-order valence-corrected chi connectivity index (χ4v) is 10.9. The van der Waals surface area contributed by atoms with Crippen molar-refractivity contribution in [3.63, 3.8) is 0 Å². The second kappa shape index (κ2) is 42.5. The Balaban J connectivity index is 1.73. The number of carbonyl (C=O) groups excluding carboxylic acids is 14. The van der Waals surface area contributed by atoms with Crippen LogP contribution in [0.1, 0.15) is 78.2 Å². The van der Waals surface area contributed by atoms with Crippen LogP contribution < -0.4 is 86.3 Å². The second-order valence-electron chi connectivity index (χ2n) is 23.6. The Morgan fingerprint density at radius 3 is 1.54 bits per heavy atom. The number of aromatic hydroxyl groups is 1. The van der Waals surface area contributed by atoms with E-state index in [1.807, 2.05) is 0 Å². The van der Waals surface area contributed by atoms with Crippen LogP contribution in [0.3, 0.4) is 0 Å². The number of benzene rings is 1. The van der Waals surface area contributed by atoms with Crippen LogP contribution in [0.15, 0.2) is 29.3 Å². The lowest BCUT2D eigenvalue weighted by Gasteiger charge is -2.30. The van der Waals surface area contributed by atoms with Crippen molar-refractivity contribution in [3.05, 3.63) is 29.8 Å². The Kier molecular flexibility index (Phi) is 36.4. The largest absolute Gasteiger partial charge is 0.508 e. The monoisotopic (exact) mass is 1460 g/mol. The number of hydrogen-bond donors (Lipinski definition) is 23. The van der Waals surface area contributed by atoms with E-state index in [0.29, 0.717) is 37.9 Å². The van der Waals surface area contributed by atoms with Crippen molar-refractivity contribution in [2.75, 3.05) is 62.3 Å². The van der Waals surface area contributed by atoms with Crippen LogP contribution in [0.2, 0.25) is 0 Å². The Labute approximate surface area is 587 Å². The number of aliphatic imine (C=N–C) groups is 1. The molecule has 22 N–H and O–H groups in total. The molecule has 98 heavy (non-hydrogen) atoms. The van der Waals surface area contributed by atoms with Crippen LogP contribution in [-0.2, 0) is 78.3 Å². The van der Waals surface area contributed by atoms with Crippen molar-refractivity contribution in [3.8, 4) is 5.75 Å². The average molecular weight is 1460 g/mol. The van der Waals surface area contributed by atoms with Crippen LogP contribution in [-0.4, -0.2) is 250 Å². The highest BCUT2D eigenvalue weighted by Gasteiger charge is 2.41. The van der Waals surface area contributed by atoms with Crippen molar-refractivity contribution in [1.82, 2.24) is 74.0 Å². The summed E-state index contributed by atoms with van der Waals surface area (Å²) in [5.41, 5.74) is 16.4. The number of aliphatic hydroxyl groups is 1. The third-order valence-electron chi connectivity index (χ3n) is 15.3. The molecular weight excluding hydrogens is 1370 g/mol. The molecule has 0 aliphatic carbocycles. The van der Waals surface area contributed by atoms with E-state index in [9.17, 15) is 87.2 Å². The summed E-state index contributed by atoms with van der Waals surface area (Å²) in [5.74, 6) is -17.0. The summed E-state index contributed by atoms with van der Waals surface area (Å²) < 4.78 is 0. The zero-order valence-electron chi connectivity index (χ0n) is 54.5. The molecule has 14 amide bonds. The Morgan fingerprint density at radius 2 is 1.03 bits per heavy atom. The molecule has 36 nitrogen and oxygen atoms in total. The van der Waals surface area contributed by atoms with Crippen molar-refractivity contribution < 1.29 is 87.2 Å². The van der Waals surface area contributed by atoms with Gasteiger partial charge in [0.1, 0.15) is 72.2 Å². The van der Waals surface area contributed by atoms with E-state index in [0.717, 1.165) is 6.42 Å². The predicted molar refractivity (Wildman–Crippen MR) is 366 cm³/mol. The van der Waals surface area contributed by atoms with Crippen molar-refractivity contribution in [1.29, 1.82) is 0 Å². The Bertz CT molecular complexity index is 3020. The number of rotatable bonds is 41. The summed E-state index contributed by atoms with van der Waals surface area (Å²) in [6.45, 7) is 4.71. The number of aliphatic hydroxyl groups excluding tert-OH is 1. The van der Waals surface area contributed by atoms with Gasteiger partial charge in [-0.05, 0) is 74.6 Å². The van der Waals surface area contributed by atoms with E-state index < -0.39 is 193 Å². The quantitative estimate of drug-likeness (QED) is 0.0125. The number of carbonyl (C=O) groups is 15. The maximum Gasteiger partial charge on any atom is 0.326 e. The lowest BCUT2D eigenvalue weighted by Crippen LogP contribution is -2.62. The van der Waals surface area contributed by atoms with Crippen molar-refractivity contribution in [2.45, 2.75) is 152 Å². The summed E-state index contributed by atoms with van der Waals surface area (Å²) in [7, 11) is 0. The number of primary amides is 1. The van der Waals surface area contributed by atoms with Crippen molar-refractivity contribution in [2.24, 2.45) is 34.0 Å². The molecule has 1 aromatic rings. The second-order valence-corrected chi connectivity index (χ2v) is 25.0. The van der Waals surface area contributed by atoms with Crippen LogP contribution in [0.4, 0.5) is 0 Å². The molecule has 0 aromatic heterocycles. The molecule has 12 atom stereocenters. The van der Waals surface area contributed by atoms with Gasteiger partial charge in [0.05, 0.1) is 32.2 Å². The van der Waals surface area contributed by atoms with Gasteiger partial charge in [0, 0.05) is 42.5 Å². The first kappa shape index (κ1) is 83.9. The van der Waals surface area contributed by atoms with Gasteiger partial charge in [-0.2, -0.15) is 50.5 Å². The molecule has 1 aromatic carbocycles. The van der Waals surface area contributed by atoms with Gasteiger partial charge in [-0.3, -0.25) is 72.1 Å². The number of carboxylic acids is 1. The minimum atomic E-state index is -1.73. The number of nitrogens with one attached hydrogen (secondary N) is 13. The molecule has 2 saturated heterocycles. The number of amides is 14. The summed E-state index contributed by atoms with van der Waals surface area (Å²) in [6.07, 6.45) is 1.19. The predicted octanol–water partition coefficient (Wildman–Crippen LogP) is -8.20. The molecular formula is C58H92N18O18S4. The normalized spacial score (nSPS) is 17.2. The molecule has 0 unspecified atom stereocenters. The lowest BCUT2D eigenvalue weighted by atomic mass is 9.99. The maximum absolute atomic E-state index is 14.5. The van der Waals surface area contributed by atoms with Gasteiger partial charge in [0.15, 0.2) is 5.96 Å². The number of phenolic OH excluding ortho intramolecular Hbond substituents is 1. The molecule has 2 heterocycles. The first-order valence-electron chi connectivity index (χ1n) is 31.3. The number of hydrogen-bond acceptors (Lipinski definition) is 23. The van der Waals surface area contributed by atoms with Gasteiger partial charge >= 0.3 is 5.97 Å². The number of carboxylic acid groups (broad SMARTS) is 1. The van der Waals surface area contributed by atoms with Crippen molar-refractivity contribution >= 4 is 145 Å². The summed E-state index contributed by atoms with van der Waals surface area (Å²) in [5, 5.41) is 61.8. The van der Waals surface area contributed by atoms with E-state index in [2.05, 4.69) is 125 Å². The number of nitrogens with two attached hydrogens (primary N) is 3. The van der Waals surface area contributed by atoms with Crippen LogP contribution >= 0.6 is 50.5 Å². The van der Waals surface area contributed by atoms with Crippen LogP contribution in [0.5, 0.6) is 5.75 Å². The Morgan fingerprint density at radius 1 is 0.561 bits per heavy atom. The van der Waals surface area contributed by atoms with E-state index in [1.165, 1.54) is 29.2 Å². The van der Waals surface area contributed by atoms with Gasteiger partial charge in [0.25, 0.3) is 0 Å². The number of thiol groups is 4. The number of likely N-dealkylation sites (tertiary alicyclic amines) is 1. The summed E-state index contributed by atoms with van der Waals surface area (Å²) in [4.78, 5) is 204. The standard InChI is InChI=1S/C58H92N18O18S4/c1-27(2)44(74-49(85)35(22-77)70-55(91)45(28(3)4)75-52(88)39(26-98)73-53(89)40-10-7-17-76(40)56(92)32-9-6-15-62-32)54(90)68-33(18-29-11-13-30(78)14-12-29)48(84)67-31(8-5-16-63-58(60)61)47(83)71-36(23-95)46(82)65-20-42(80)64-21-43(81)66-37(24-96)50(86)72-38(25-97)51(87)69-34(57(93)94)19-41(59)79/h11-14,27-28,31-40,44-45,62,77-78,95-98H,5-10,15-26H2,1-4H3,(H2,59,79)(H,64,80)(H,65,82)(H,66,81)(H,67,84)(H,68,90)(H,69,87)(H,70,91)(H,71,83)(H,72,86)(H,73,89)(H,74,85)(H,75,88)(H,93,94)(H4,60,61,63)/t31-,32-,33-,34-,35-,36-,37-,38-,39-,40-,44-,45-/m0/s1. The molecule has 2 aliphatic heterocycles. The zero-order chi connectivity index (χ0) is 73.5. The molecule has 2 aliphatic rings. The van der Waals surface area contributed by atoms with E-state index in [4.69, 9.17) is 17.2 Å². The van der Waals surface area contributed by atoms with E-state index >= 15 is 0 Å². The molecule has 0 saturated carbocycles. The first-order chi connectivity index (χ1) is 46.3. The van der Waals surface area contributed by atoms with Crippen LogP contribution in [0, 0.1) is 11.8 Å². The van der Waals surface area contributed by atoms with E-state index in [-0.39, 0.29) is 66.4 Å². The number of guanidine groups is 1. The summed E-state index contributed by atoms with van der Waals surface area (Å²) in [6, 6.07) is -10.7. The minimum Gasteiger partial charge on any atom is -0.508 e. The van der Waals surface area contributed by atoms with Gasteiger partial charge in [-0.15, -0.1) is 0 Å². The fraction of sp³-hybridized carbons (Fsp3) is 0.621. The van der Waals surface area contributed by atoms with E-state index in [1.54, 1.807) is 27.7 Å². The zero-order valence-corrected chi connectivity index (χ0v) is 58.1. The minimum absolute atomic E-state index is 0.0446. The van der Waals surface area contributed by atoms with Gasteiger partial charge in [0.2, 0.25) is 82.7 Å². The molecule has 3 rings (SSSR count). The Hall–Kier alpha value is -8.34. The first-order valence-corrected chi connectivity index (χ1v) is 33.8. The number of aliphatic carboxylic acids is 1. The number of phenols is 1. The molecule has 0 bridgehead atoms. The van der Waals surface area contributed by atoms with Gasteiger partial charge in [-0.1, -0.05) is 39.8 Å².